The van der Waals surface area contributed by atoms with Crippen LogP contribution in [0.2, 0.25) is 0 Å². The summed E-state index contributed by atoms with van der Waals surface area (Å²) in [4.78, 5) is 5.72. The lowest BCUT2D eigenvalue weighted by Gasteiger charge is -2.17. The number of hydrogen-bond acceptors (Lipinski definition) is 5. The minimum atomic E-state index is 0.414. The van der Waals surface area contributed by atoms with Crippen molar-refractivity contribution in [3.63, 3.8) is 0 Å². The summed E-state index contributed by atoms with van der Waals surface area (Å²) in [6, 6.07) is 0.414. The Hall–Kier alpha value is -0.950. The molecule has 0 spiro atoms. The van der Waals surface area contributed by atoms with E-state index in [9.17, 15) is 0 Å². The molecule has 2 aromatic heterocycles. The maximum Gasteiger partial charge on any atom is 0.193 e. The molecular weight excluding hydrogens is 286 g/mol. The first kappa shape index (κ1) is 16.4. The van der Waals surface area contributed by atoms with E-state index in [0.29, 0.717) is 19.3 Å². The van der Waals surface area contributed by atoms with Crippen LogP contribution in [-0.4, -0.2) is 48.9 Å². The number of methoxy groups -OCH3 is 1. The summed E-state index contributed by atoms with van der Waals surface area (Å²) in [5.41, 5.74) is 1.15. The Labute approximate surface area is 130 Å². The van der Waals surface area contributed by atoms with Crippen molar-refractivity contribution >= 4 is 16.3 Å². The first-order valence-corrected chi connectivity index (χ1v) is 8.42. The van der Waals surface area contributed by atoms with Crippen molar-refractivity contribution in [3.8, 4) is 0 Å². The van der Waals surface area contributed by atoms with Crippen LogP contribution in [0.5, 0.6) is 0 Å². The predicted molar refractivity (Wildman–Crippen MR) is 86.2 cm³/mol. The second-order valence-corrected chi connectivity index (χ2v) is 5.95. The fourth-order valence-corrected chi connectivity index (χ4v) is 2.94. The molecule has 21 heavy (non-hydrogen) atoms. The summed E-state index contributed by atoms with van der Waals surface area (Å²) < 4.78 is 12.6. The van der Waals surface area contributed by atoms with Crippen molar-refractivity contribution in [3.05, 3.63) is 23.5 Å². The molecule has 6 heteroatoms. The fourth-order valence-electron chi connectivity index (χ4n) is 2.22. The van der Waals surface area contributed by atoms with E-state index < -0.39 is 0 Å². The minimum absolute atomic E-state index is 0.414. The molecule has 0 aromatic carbocycles. The number of ether oxygens (including phenoxy) is 2. The Morgan fingerprint density at radius 1 is 1.38 bits per heavy atom. The lowest BCUT2D eigenvalue weighted by Crippen LogP contribution is -2.33. The lowest BCUT2D eigenvalue weighted by atomic mass is 10.1. The molecule has 1 N–H and O–H groups in total. The molecule has 0 fully saturated rings. The molecule has 118 valence electrons. The first-order valence-electron chi connectivity index (χ1n) is 7.54. The number of aromatic nitrogens is 2. The zero-order valence-corrected chi connectivity index (χ0v) is 13.7. The first-order chi connectivity index (χ1) is 10.3. The largest absolute Gasteiger partial charge is 0.382 e. The van der Waals surface area contributed by atoms with Gasteiger partial charge in [0.05, 0.1) is 18.9 Å². The normalized spacial score (nSPS) is 13.0. The number of hydrogen-bond donors (Lipinski definition) is 1. The quantitative estimate of drug-likeness (QED) is 0.647. The molecule has 0 amide bonds. The van der Waals surface area contributed by atoms with Crippen molar-refractivity contribution in [2.45, 2.75) is 32.2 Å². The van der Waals surface area contributed by atoms with Gasteiger partial charge in [-0.3, -0.25) is 4.40 Å². The summed E-state index contributed by atoms with van der Waals surface area (Å²) in [7, 11) is 1.69. The second-order valence-electron chi connectivity index (χ2n) is 5.07. The van der Waals surface area contributed by atoms with Gasteiger partial charge in [-0.2, -0.15) is 0 Å². The molecule has 0 saturated carbocycles. The Kier molecular flexibility index (Phi) is 7.15. The van der Waals surface area contributed by atoms with E-state index >= 15 is 0 Å². The van der Waals surface area contributed by atoms with Gasteiger partial charge < -0.3 is 14.8 Å². The van der Waals surface area contributed by atoms with Crippen molar-refractivity contribution in [1.29, 1.82) is 0 Å². The minimum Gasteiger partial charge on any atom is -0.382 e. The van der Waals surface area contributed by atoms with E-state index in [1.54, 1.807) is 18.4 Å². The summed E-state index contributed by atoms with van der Waals surface area (Å²) in [5, 5.41) is 5.65. The van der Waals surface area contributed by atoms with Crippen molar-refractivity contribution in [2.24, 2.45) is 0 Å². The number of thiazole rings is 1. The van der Waals surface area contributed by atoms with Crippen LogP contribution in [-0.2, 0) is 15.9 Å². The SMILES string of the molecule is CCCNC(CCOCCOC)Cc1cn2ccsc2n1. The molecule has 0 radical (unpaired) electrons. The van der Waals surface area contributed by atoms with Crippen LogP contribution in [0, 0.1) is 0 Å². The highest BCUT2D eigenvalue weighted by atomic mass is 32.1. The maximum atomic E-state index is 5.58. The van der Waals surface area contributed by atoms with Crippen LogP contribution in [0.3, 0.4) is 0 Å². The van der Waals surface area contributed by atoms with E-state index in [1.807, 2.05) is 0 Å². The smallest absolute Gasteiger partial charge is 0.193 e. The fraction of sp³-hybridized carbons (Fsp3) is 0.667. The van der Waals surface area contributed by atoms with Gasteiger partial charge in [-0.15, -0.1) is 11.3 Å². The summed E-state index contributed by atoms with van der Waals surface area (Å²) >= 11 is 1.67. The van der Waals surface area contributed by atoms with Gasteiger partial charge in [0.15, 0.2) is 4.96 Å². The van der Waals surface area contributed by atoms with Crippen LogP contribution in [0.4, 0.5) is 0 Å². The van der Waals surface area contributed by atoms with E-state index in [0.717, 1.165) is 43.1 Å². The molecule has 0 aliphatic rings. The number of nitrogens with one attached hydrogen (secondary N) is 1. The third-order valence-electron chi connectivity index (χ3n) is 3.32. The van der Waals surface area contributed by atoms with Crippen LogP contribution in [0.1, 0.15) is 25.5 Å². The van der Waals surface area contributed by atoms with Crippen molar-refractivity contribution in [2.75, 3.05) is 33.5 Å². The molecule has 1 atom stereocenters. The second kappa shape index (κ2) is 9.15. The van der Waals surface area contributed by atoms with Gasteiger partial charge in [0, 0.05) is 44.0 Å². The molecule has 2 rings (SSSR count). The molecular formula is C15H25N3O2S. The standard InChI is InChI=1S/C15H25N3O2S/c1-3-5-16-13(4-7-20-9-8-19-2)11-14-12-18-6-10-21-15(18)17-14/h6,10,12-13,16H,3-5,7-9,11H2,1-2H3. The van der Waals surface area contributed by atoms with Crippen LogP contribution >= 0.6 is 11.3 Å². The van der Waals surface area contributed by atoms with Gasteiger partial charge in [-0.25, -0.2) is 4.98 Å². The lowest BCUT2D eigenvalue weighted by molar-refractivity contribution is 0.0658. The third-order valence-corrected chi connectivity index (χ3v) is 4.09. The molecule has 1 unspecified atom stereocenters. The van der Waals surface area contributed by atoms with Gasteiger partial charge in [0.25, 0.3) is 0 Å². The third kappa shape index (κ3) is 5.39. The van der Waals surface area contributed by atoms with Gasteiger partial charge in [0.1, 0.15) is 0 Å². The number of fused-ring (bicyclic) bond motifs is 1. The Morgan fingerprint density at radius 3 is 3.05 bits per heavy atom. The van der Waals surface area contributed by atoms with Crippen molar-refractivity contribution in [1.82, 2.24) is 14.7 Å². The Bertz CT molecular complexity index is 483. The Morgan fingerprint density at radius 2 is 2.29 bits per heavy atom. The number of nitrogens with zero attached hydrogens (tertiary/aromatic N) is 2. The van der Waals surface area contributed by atoms with E-state index in [2.05, 4.69) is 39.4 Å². The van der Waals surface area contributed by atoms with E-state index in [4.69, 9.17) is 9.47 Å². The van der Waals surface area contributed by atoms with E-state index in [1.165, 1.54) is 0 Å². The molecule has 0 aliphatic heterocycles. The van der Waals surface area contributed by atoms with Gasteiger partial charge >= 0.3 is 0 Å². The summed E-state index contributed by atoms with van der Waals surface area (Å²) in [5.74, 6) is 0. The summed E-state index contributed by atoms with van der Waals surface area (Å²) in [6.07, 6.45) is 7.26. The molecule has 0 bridgehead atoms. The molecule has 0 saturated heterocycles. The molecule has 0 aliphatic carbocycles. The highest BCUT2D eigenvalue weighted by molar-refractivity contribution is 7.15. The topological polar surface area (TPSA) is 47.8 Å². The van der Waals surface area contributed by atoms with Crippen molar-refractivity contribution < 1.29 is 9.47 Å². The summed E-state index contributed by atoms with van der Waals surface area (Å²) in [6.45, 7) is 5.30. The average molecular weight is 311 g/mol. The number of imidazole rings is 1. The number of rotatable bonds is 11. The Balaban J connectivity index is 1.81. The highest BCUT2D eigenvalue weighted by Crippen LogP contribution is 2.13. The van der Waals surface area contributed by atoms with Crippen LogP contribution < -0.4 is 5.32 Å². The molecule has 2 aromatic rings. The van der Waals surface area contributed by atoms with E-state index in [-0.39, 0.29) is 0 Å². The van der Waals surface area contributed by atoms with Gasteiger partial charge in [-0.05, 0) is 19.4 Å². The molecule has 2 heterocycles. The maximum absolute atomic E-state index is 5.58. The zero-order chi connectivity index (χ0) is 14.9. The monoisotopic (exact) mass is 311 g/mol. The van der Waals surface area contributed by atoms with Gasteiger partial charge in [0.2, 0.25) is 0 Å². The predicted octanol–water partition coefficient (Wildman–Crippen LogP) is 2.36. The average Bonchev–Trinajstić information content (AvgIpc) is 3.05. The van der Waals surface area contributed by atoms with Crippen LogP contribution in [0.25, 0.3) is 4.96 Å². The highest BCUT2D eigenvalue weighted by Gasteiger charge is 2.12. The molecule has 5 nitrogen and oxygen atoms in total. The van der Waals surface area contributed by atoms with Gasteiger partial charge in [-0.1, -0.05) is 6.92 Å². The van der Waals surface area contributed by atoms with Crippen LogP contribution in [0.15, 0.2) is 17.8 Å². The zero-order valence-electron chi connectivity index (χ0n) is 12.9.